The molecular formula is C14H18N2OS. The van der Waals surface area contributed by atoms with Crippen LogP contribution in [0.15, 0.2) is 18.2 Å². The first kappa shape index (κ1) is 11.0. The standard InChI is InChI=1S/C14H18N2OS/c17-18-7-6-16-13-4-5-15-8-12(13)11-3-1-2-10(9-18)14(11)16/h1-3,12-13,15H,4-9H2. The summed E-state index contributed by atoms with van der Waals surface area (Å²) in [5.41, 5.74) is 4.21. The third-order valence-electron chi connectivity index (χ3n) is 4.56. The van der Waals surface area contributed by atoms with E-state index in [4.69, 9.17) is 0 Å². The van der Waals surface area contributed by atoms with Crippen LogP contribution in [0.4, 0.5) is 5.69 Å². The monoisotopic (exact) mass is 262 g/mol. The lowest BCUT2D eigenvalue weighted by atomic mass is 9.90. The fourth-order valence-corrected chi connectivity index (χ4v) is 4.93. The Morgan fingerprint density at radius 1 is 1.39 bits per heavy atom. The number of rotatable bonds is 0. The number of nitrogens with zero attached hydrogens (tertiary/aromatic N) is 1. The number of piperidine rings is 1. The van der Waals surface area contributed by atoms with Gasteiger partial charge in [-0.05, 0) is 24.1 Å². The minimum absolute atomic E-state index is 0.637. The summed E-state index contributed by atoms with van der Waals surface area (Å²) < 4.78 is 12.0. The van der Waals surface area contributed by atoms with Crippen LogP contribution >= 0.6 is 0 Å². The number of benzene rings is 1. The first-order valence-corrected chi connectivity index (χ1v) is 8.27. The normalized spacial score (nSPS) is 33.8. The average molecular weight is 262 g/mol. The summed E-state index contributed by atoms with van der Waals surface area (Å²) in [5.74, 6) is 2.21. The Bertz CT molecular complexity index is 517. The van der Waals surface area contributed by atoms with Crippen molar-refractivity contribution in [3.63, 3.8) is 0 Å². The third-order valence-corrected chi connectivity index (χ3v) is 5.83. The molecule has 96 valence electrons. The first-order valence-electron chi connectivity index (χ1n) is 6.79. The molecule has 18 heavy (non-hydrogen) atoms. The molecule has 3 atom stereocenters. The van der Waals surface area contributed by atoms with Crippen molar-refractivity contribution in [1.29, 1.82) is 0 Å². The van der Waals surface area contributed by atoms with Crippen molar-refractivity contribution in [3.8, 4) is 0 Å². The molecule has 3 nitrogen and oxygen atoms in total. The van der Waals surface area contributed by atoms with Gasteiger partial charge < -0.3 is 10.2 Å². The van der Waals surface area contributed by atoms with Crippen LogP contribution in [-0.2, 0) is 16.6 Å². The molecule has 0 saturated carbocycles. The molecule has 1 fully saturated rings. The van der Waals surface area contributed by atoms with Gasteiger partial charge in [-0.25, -0.2) is 0 Å². The van der Waals surface area contributed by atoms with Gasteiger partial charge in [0.2, 0.25) is 0 Å². The van der Waals surface area contributed by atoms with Crippen molar-refractivity contribution in [2.45, 2.75) is 24.1 Å². The maximum Gasteiger partial charge on any atom is 0.0506 e. The van der Waals surface area contributed by atoms with E-state index in [0.29, 0.717) is 12.0 Å². The molecule has 3 aliphatic heterocycles. The molecule has 0 bridgehead atoms. The lowest BCUT2D eigenvalue weighted by molar-refractivity contribution is 0.406. The van der Waals surface area contributed by atoms with Gasteiger partial charge in [-0.15, -0.1) is 0 Å². The van der Waals surface area contributed by atoms with Crippen LogP contribution in [0.2, 0.25) is 0 Å². The van der Waals surface area contributed by atoms with Crippen molar-refractivity contribution >= 4 is 16.5 Å². The van der Waals surface area contributed by atoms with Crippen LogP contribution in [0, 0.1) is 0 Å². The second kappa shape index (κ2) is 4.07. The number of fused-ring (bicyclic) bond motifs is 3. The zero-order chi connectivity index (χ0) is 12.1. The van der Waals surface area contributed by atoms with Gasteiger partial charge in [0.15, 0.2) is 0 Å². The average Bonchev–Trinajstić information content (AvgIpc) is 2.61. The first-order chi connectivity index (χ1) is 8.84. The quantitative estimate of drug-likeness (QED) is 0.763. The molecule has 1 aromatic carbocycles. The summed E-state index contributed by atoms with van der Waals surface area (Å²) in [6.45, 7) is 3.18. The highest BCUT2D eigenvalue weighted by Gasteiger charge is 2.41. The van der Waals surface area contributed by atoms with Gasteiger partial charge >= 0.3 is 0 Å². The smallest absolute Gasteiger partial charge is 0.0506 e. The van der Waals surface area contributed by atoms with Gasteiger partial charge in [-0.2, -0.15) is 0 Å². The Labute approximate surface area is 110 Å². The van der Waals surface area contributed by atoms with E-state index < -0.39 is 10.8 Å². The topological polar surface area (TPSA) is 32.3 Å². The van der Waals surface area contributed by atoms with E-state index in [1.165, 1.54) is 23.2 Å². The van der Waals surface area contributed by atoms with Crippen molar-refractivity contribution in [2.24, 2.45) is 0 Å². The van der Waals surface area contributed by atoms with Gasteiger partial charge in [0.05, 0.1) is 5.75 Å². The third kappa shape index (κ3) is 1.48. The molecule has 4 rings (SSSR count). The molecule has 3 heterocycles. The minimum Gasteiger partial charge on any atom is -0.366 e. The molecule has 1 saturated heterocycles. The van der Waals surface area contributed by atoms with Crippen molar-refractivity contribution in [1.82, 2.24) is 5.32 Å². The number of nitrogens with one attached hydrogen (secondary N) is 1. The summed E-state index contributed by atoms with van der Waals surface area (Å²) in [4.78, 5) is 2.56. The van der Waals surface area contributed by atoms with Crippen LogP contribution in [0.1, 0.15) is 23.5 Å². The van der Waals surface area contributed by atoms with Crippen LogP contribution in [0.3, 0.4) is 0 Å². The summed E-state index contributed by atoms with van der Waals surface area (Å²) >= 11 is 0. The molecule has 3 aliphatic rings. The largest absolute Gasteiger partial charge is 0.366 e. The maximum absolute atomic E-state index is 12.0. The van der Waals surface area contributed by atoms with Crippen molar-refractivity contribution < 1.29 is 4.21 Å². The summed E-state index contributed by atoms with van der Waals surface area (Å²) in [6, 6.07) is 7.22. The Morgan fingerprint density at radius 3 is 3.28 bits per heavy atom. The zero-order valence-electron chi connectivity index (χ0n) is 10.4. The number of para-hydroxylation sites is 1. The Morgan fingerprint density at radius 2 is 2.33 bits per heavy atom. The molecule has 0 aliphatic carbocycles. The summed E-state index contributed by atoms with van der Waals surface area (Å²) in [5, 5.41) is 3.52. The summed E-state index contributed by atoms with van der Waals surface area (Å²) in [6.07, 6.45) is 1.21. The van der Waals surface area contributed by atoms with Gasteiger partial charge in [0, 0.05) is 47.3 Å². The SMILES string of the molecule is O=S1CCN2c3c(cccc3C3CNCCC32)C1. The van der Waals surface area contributed by atoms with Gasteiger partial charge in [0.1, 0.15) is 0 Å². The number of anilines is 1. The van der Waals surface area contributed by atoms with Crippen LogP contribution in [0.25, 0.3) is 0 Å². The van der Waals surface area contributed by atoms with E-state index in [1.807, 2.05) is 0 Å². The van der Waals surface area contributed by atoms with E-state index >= 15 is 0 Å². The van der Waals surface area contributed by atoms with E-state index in [2.05, 4.69) is 28.4 Å². The number of hydrogen-bond donors (Lipinski definition) is 1. The molecule has 0 amide bonds. The van der Waals surface area contributed by atoms with Crippen molar-refractivity contribution in [3.05, 3.63) is 29.3 Å². The van der Waals surface area contributed by atoms with Gasteiger partial charge in [0.25, 0.3) is 0 Å². The zero-order valence-corrected chi connectivity index (χ0v) is 11.2. The van der Waals surface area contributed by atoms with E-state index in [1.54, 1.807) is 0 Å². The molecule has 3 unspecified atom stereocenters. The highest BCUT2D eigenvalue weighted by atomic mass is 32.2. The fourth-order valence-electron chi connectivity index (χ4n) is 3.80. The van der Waals surface area contributed by atoms with Crippen LogP contribution in [0.5, 0.6) is 0 Å². The second-order valence-electron chi connectivity index (χ2n) is 5.50. The Kier molecular flexibility index (Phi) is 2.49. The predicted octanol–water partition coefficient (Wildman–Crippen LogP) is 1.21. The highest BCUT2D eigenvalue weighted by molar-refractivity contribution is 7.84. The highest BCUT2D eigenvalue weighted by Crippen LogP contribution is 2.46. The minimum atomic E-state index is -0.683. The molecule has 0 spiro atoms. The van der Waals surface area contributed by atoms with Crippen LogP contribution in [-0.4, -0.2) is 35.6 Å². The second-order valence-corrected chi connectivity index (χ2v) is 7.08. The van der Waals surface area contributed by atoms with E-state index in [0.717, 1.165) is 31.1 Å². The Balaban J connectivity index is 1.88. The van der Waals surface area contributed by atoms with Crippen LogP contribution < -0.4 is 10.2 Å². The maximum atomic E-state index is 12.0. The van der Waals surface area contributed by atoms with Crippen molar-refractivity contribution in [2.75, 3.05) is 30.3 Å². The van der Waals surface area contributed by atoms with Gasteiger partial charge in [-0.1, -0.05) is 18.2 Å². The van der Waals surface area contributed by atoms with E-state index in [9.17, 15) is 4.21 Å². The molecule has 0 radical (unpaired) electrons. The fraction of sp³-hybridized carbons (Fsp3) is 0.571. The molecule has 4 heteroatoms. The molecule has 1 aromatic rings. The molecule has 1 N–H and O–H groups in total. The van der Waals surface area contributed by atoms with E-state index in [-0.39, 0.29) is 0 Å². The molecule has 0 aromatic heterocycles. The predicted molar refractivity (Wildman–Crippen MR) is 74.5 cm³/mol. The lowest BCUT2D eigenvalue weighted by Crippen LogP contribution is -2.45. The summed E-state index contributed by atoms with van der Waals surface area (Å²) in [7, 11) is -0.683. The molecular weight excluding hydrogens is 244 g/mol. The Hall–Kier alpha value is -0.870. The van der Waals surface area contributed by atoms with Gasteiger partial charge in [-0.3, -0.25) is 4.21 Å². The number of hydrogen-bond acceptors (Lipinski definition) is 3. The lowest BCUT2D eigenvalue weighted by Gasteiger charge is -2.33.